The summed E-state index contributed by atoms with van der Waals surface area (Å²) in [6.45, 7) is 11.9. The third-order valence-electron chi connectivity index (χ3n) is 6.29. The van der Waals surface area contributed by atoms with Gasteiger partial charge in [-0.1, -0.05) is 63.7 Å². The standard InChI is InChI=1S/C27H33N3O4S2/c1-19(31)18-35-25-17-24(22-7-5-6-8-23(22)26(25)32)28-36(33,34)30-15-13-29(14-16-30)21-11-9-20(10-12-21)27(2,3)4/h5-12,17,28,31-32H,1,13-16,18H2,2-4H3. The number of nitrogens with zero attached hydrogens (tertiary/aromatic N) is 2. The first-order valence-electron chi connectivity index (χ1n) is 11.8. The van der Waals surface area contributed by atoms with E-state index in [1.165, 1.54) is 21.6 Å². The molecule has 0 aliphatic carbocycles. The number of fused-ring (bicyclic) bond motifs is 1. The highest BCUT2D eigenvalue weighted by atomic mass is 32.2. The van der Waals surface area contributed by atoms with E-state index in [9.17, 15) is 18.6 Å². The highest BCUT2D eigenvalue weighted by Gasteiger charge is 2.28. The number of hydrogen-bond donors (Lipinski definition) is 3. The lowest BCUT2D eigenvalue weighted by molar-refractivity contribution is 0.388. The molecule has 0 spiro atoms. The molecule has 0 unspecified atom stereocenters. The van der Waals surface area contributed by atoms with Gasteiger partial charge in [-0.15, -0.1) is 11.8 Å². The molecule has 36 heavy (non-hydrogen) atoms. The molecule has 0 bridgehead atoms. The summed E-state index contributed by atoms with van der Waals surface area (Å²) in [7, 11) is -3.82. The van der Waals surface area contributed by atoms with E-state index >= 15 is 0 Å². The van der Waals surface area contributed by atoms with Crippen LogP contribution in [0.2, 0.25) is 0 Å². The van der Waals surface area contributed by atoms with Crippen molar-refractivity contribution in [2.24, 2.45) is 0 Å². The maximum atomic E-state index is 13.3. The van der Waals surface area contributed by atoms with E-state index in [1.54, 1.807) is 30.3 Å². The first kappa shape index (κ1) is 26.2. The summed E-state index contributed by atoms with van der Waals surface area (Å²) in [4.78, 5) is 2.66. The molecule has 0 saturated carbocycles. The van der Waals surface area contributed by atoms with Gasteiger partial charge in [0.15, 0.2) is 0 Å². The normalized spacial score (nSPS) is 15.2. The predicted octanol–water partition coefficient (Wildman–Crippen LogP) is 5.49. The number of piperazine rings is 1. The molecular weight excluding hydrogens is 494 g/mol. The zero-order valence-electron chi connectivity index (χ0n) is 20.9. The smallest absolute Gasteiger partial charge is 0.301 e. The van der Waals surface area contributed by atoms with E-state index < -0.39 is 10.2 Å². The molecule has 1 saturated heterocycles. The van der Waals surface area contributed by atoms with Crippen LogP contribution in [0, 0.1) is 0 Å². The third-order valence-corrected chi connectivity index (χ3v) is 8.91. The second kappa shape index (κ2) is 10.2. The Labute approximate surface area is 217 Å². The van der Waals surface area contributed by atoms with Crippen LogP contribution in [0.5, 0.6) is 5.75 Å². The Kier molecular flexibility index (Phi) is 7.45. The number of thioether (sulfide) groups is 1. The minimum atomic E-state index is -3.82. The van der Waals surface area contributed by atoms with Gasteiger partial charge in [0.25, 0.3) is 0 Å². The van der Waals surface area contributed by atoms with E-state index in [0.717, 1.165) is 5.69 Å². The van der Waals surface area contributed by atoms with Crippen LogP contribution in [0.25, 0.3) is 10.8 Å². The summed E-state index contributed by atoms with van der Waals surface area (Å²) in [5, 5.41) is 21.3. The summed E-state index contributed by atoms with van der Waals surface area (Å²) in [5.41, 5.74) is 2.82. The monoisotopic (exact) mass is 527 g/mol. The quantitative estimate of drug-likeness (QED) is 0.214. The lowest BCUT2D eigenvalue weighted by atomic mass is 9.87. The maximum absolute atomic E-state index is 13.3. The van der Waals surface area contributed by atoms with Crippen LogP contribution in [0.4, 0.5) is 11.4 Å². The van der Waals surface area contributed by atoms with Crippen LogP contribution in [-0.4, -0.2) is 54.9 Å². The Hall–Kier alpha value is -2.88. The van der Waals surface area contributed by atoms with E-state index in [-0.39, 0.29) is 22.7 Å². The van der Waals surface area contributed by atoms with Gasteiger partial charge in [-0.3, -0.25) is 4.72 Å². The highest BCUT2D eigenvalue weighted by molar-refractivity contribution is 7.99. The van der Waals surface area contributed by atoms with Gasteiger partial charge in [0.05, 0.1) is 22.1 Å². The Morgan fingerprint density at radius 1 is 1.03 bits per heavy atom. The molecule has 1 aliphatic rings. The van der Waals surface area contributed by atoms with Crippen molar-refractivity contribution >= 4 is 44.1 Å². The topological polar surface area (TPSA) is 93.1 Å². The summed E-state index contributed by atoms with van der Waals surface area (Å²) >= 11 is 1.19. The molecular formula is C27H33N3O4S2. The average molecular weight is 528 g/mol. The van der Waals surface area contributed by atoms with Crippen LogP contribution >= 0.6 is 11.8 Å². The first-order valence-corrected chi connectivity index (χ1v) is 14.3. The number of benzene rings is 3. The second-order valence-corrected chi connectivity index (χ2v) is 12.6. The Morgan fingerprint density at radius 3 is 2.22 bits per heavy atom. The molecule has 0 atom stereocenters. The molecule has 0 radical (unpaired) electrons. The van der Waals surface area contributed by atoms with Gasteiger partial charge in [-0.05, 0) is 29.2 Å². The molecule has 3 N–H and O–H groups in total. The number of phenols is 1. The fourth-order valence-corrected chi connectivity index (χ4v) is 6.24. The molecule has 1 heterocycles. The minimum Gasteiger partial charge on any atom is -0.512 e. The molecule has 4 rings (SSSR count). The maximum Gasteiger partial charge on any atom is 0.301 e. The van der Waals surface area contributed by atoms with Gasteiger partial charge < -0.3 is 15.1 Å². The number of rotatable bonds is 7. The lowest BCUT2D eigenvalue weighted by Gasteiger charge is -2.35. The number of aromatic hydroxyl groups is 1. The first-order chi connectivity index (χ1) is 17.0. The van der Waals surface area contributed by atoms with Gasteiger partial charge in [0, 0.05) is 42.6 Å². The summed E-state index contributed by atoms with van der Waals surface area (Å²) in [6, 6.07) is 17.2. The molecule has 3 aromatic rings. The molecule has 1 aliphatic heterocycles. The van der Waals surface area contributed by atoms with Crippen molar-refractivity contribution in [3.63, 3.8) is 0 Å². The Balaban J connectivity index is 1.51. The molecule has 3 aromatic carbocycles. The fourth-order valence-electron chi connectivity index (χ4n) is 4.25. The summed E-state index contributed by atoms with van der Waals surface area (Å²) < 4.78 is 30.9. The number of phenolic OH excluding ortho intramolecular Hbond substituents is 1. The van der Waals surface area contributed by atoms with E-state index in [2.05, 4.69) is 61.2 Å². The van der Waals surface area contributed by atoms with Crippen molar-refractivity contribution in [1.82, 2.24) is 4.31 Å². The van der Waals surface area contributed by atoms with Crippen LogP contribution in [0.3, 0.4) is 0 Å². The minimum absolute atomic E-state index is 0.0272. The number of aliphatic hydroxyl groups is 1. The SMILES string of the molecule is C=C(O)CSc1cc(NS(=O)(=O)N2CCN(c3ccc(C(C)(C)C)cc3)CC2)c2ccccc2c1O. The molecule has 1 fully saturated rings. The van der Waals surface area contributed by atoms with Crippen molar-refractivity contribution in [3.05, 3.63) is 72.5 Å². The summed E-state index contributed by atoms with van der Waals surface area (Å²) in [5.74, 6) is 0.211. The highest BCUT2D eigenvalue weighted by Crippen LogP contribution is 2.40. The molecule has 0 aromatic heterocycles. The zero-order valence-corrected chi connectivity index (χ0v) is 22.5. The molecule has 0 amide bonds. The van der Waals surface area contributed by atoms with Gasteiger partial charge in [-0.25, -0.2) is 0 Å². The number of aliphatic hydroxyl groups excluding tert-OH is 1. The Morgan fingerprint density at radius 2 is 1.64 bits per heavy atom. The van der Waals surface area contributed by atoms with Crippen molar-refractivity contribution in [2.75, 3.05) is 41.6 Å². The third kappa shape index (κ3) is 5.74. The van der Waals surface area contributed by atoms with E-state index in [0.29, 0.717) is 47.5 Å². The van der Waals surface area contributed by atoms with Crippen molar-refractivity contribution < 1.29 is 18.6 Å². The largest absolute Gasteiger partial charge is 0.512 e. The van der Waals surface area contributed by atoms with Crippen molar-refractivity contribution in [1.29, 1.82) is 0 Å². The van der Waals surface area contributed by atoms with E-state index in [4.69, 9.17) is 0 Å². The van der Waals surface area contributed by atoms with Gasteiger partial charge in [0.2, 0.25) is 0 Å². The lowest BCUT2D eigenvalue weighted by Crippen LogP contribution is -2.50. The fraction of sp³-hybridized carbons (Fsp3) is 0.333. The molecule has 192 valence electrons. The van der Waals surface area contributed by atoms with Crippen LogP contribution in [-0.2, 0) is 15.6 Å². The van der Waals surface area contributed by atoms with Crippen molar-refractivity contribution in [3.8, 4) is 5.75 Å². The number of anilines is 2. The number of hydrogen-bond acceptors (Lipinski definition) is 6. The van der Waals surface area contributed by atoms with Gasteiger partial charge in [0.1, 0.15) is 5.75 Å². The predicted molar refractivity (Wildman–Crippen MR) is 150 cm³/mol. The summed E-state index contributed by atoms with van der Waals surface area (Å²) in [6.07, 6.45) is 0. The zero-order chi connectivity index (χ0) is 26.1. The van der Waals surface area contributed by atoms with Gasteiger partial charge in [-0.2, -0.15) is 12.7 Å². The molecule has 7 nitrogen and oxygen atoms in total. The van der Waals surface area contributed by atoms with Gasteiger partial charge >= 0.3 is 10.2 Å². The average Bonchev–Trinajstić information content (AvgIpc) is 2.84. The number of nitrogens with one attached hydrogen (secondary N) is 1. The van der Waals surface area contributed by atoms with Crippen LogP contribution in [0.1, 0.15) is 26.3 Å². The second-order valence-electron chi connectivity index (χ2n) is 9.96. The Bertz CT molecular complexity index is 1360. The van der Waals surface area contributed by atoms with E-state index in [1.807, 2.05) is 0 Å². The van der Waals surface area contributed by atoms with Crippen LogP contribution < -0.4 is 9.62 Å². The van der Waals surface area contributed by atoms with Crippen LogP contribution in [0.15, 0.2) is 71.8 Å². The molecule has 9 heteroatoms. The van der Waals surface area contributed by atoms with Crippen molar-refractivity contribution in [2.45, 2.75) is 31.1 Å².